The van der Waals surface area contributed by atoms with Crippen LogP contribution in [0.2, 0.25) is 0 Å². The average Bonchev–Trinajstić information content (AvgIpc) is 3.04. The average molecular weight is 361 g/mol. The Bertz CT molecular complexity index is 805. The Morgan fingerprint density at radius 1 is 1.48 bits per heavy atom. The minimum atomic E-state index is -0.341. The first-order chi connectivity index (χ1) is 12.0. The van der Waals surface area contributed by atoms with Gasteiger partial charge in [0.2, 0.25) is 11.0 Å². The van der Waals surface area contributed by atoms with Crippen LogP contribution in [0.5, 0.6) is 5.75 Å². The molecule has 1 aromatic heterocycles. The molecule has 9 heteroatoms. The van der Waals surface area contributed by atoms with Crippen LogP contribution in [0.1, 0.15) is 30.5 Å². The summed E-state index contributed by atoms with van der Waals surface area (Å²) in [6.45, 7) is 3.59. The molecule has 3 rings (SSSR count). The number of aromatic nitrogens is 2. The zero-order chi connectivity index (χ0) is 18.0. The predicted octanol–water partition coefficient (Wildman–Crippen LogP) is 1.48. The molecule has 1 unspecified atom stereocenters. The van der Waals surface area contributed by atoms with Gasteiger partial charge in [-0.3, -0.25) is 19.8 Å². The van der Waals surface area contributed by atoms with Gasteiger partial charge in [0.05, 0.1) is 5.69 Å². The number of hydrogen-bond acceptors (Lipinski definition) is 7. The van der Waals surface area contributed by atoms with E-state index < -0.39 is 0 Å². The second kappa shape index (κ2) is 7.16. The van der Waals surface area contributed by atoms with Crippen LogP contribution in [0.4, 0.5) is 10.8 Å². The van der Waals surface area contributed by atoms with E-state index in [1.54, 1.807) is 12.1 Å². The highest BCUT2D eigenvalue weighted by Gasteiger charge is 2.28. The van der Waals surface area contributed by atoms with Crippen LogP contribution in [0, 0.1) is 0 Å². The second-order valence-electron chi connectivity index (χ2n) is 5.69. The lowest BCUT2D eigenvalue weighted by atomic mass is 10.1. The summed E-state index contributed by atoms with van der Waals surface area (Å²) in [7, 11) is 0. The molecule has 0 saturated carbocycles. The van der Waals surface area contributed by atoms with Crippen molar-refractivity contribution < 1.29 is 14.3 Å². The summed E-state index contributed by atoms with van der Waals surface area (Å²) in [6, 6.07) is 5.21. The molecule has 2 aromatic rings. The van der Waals surface area contributed by atoms with Crippen molar-refractivity contribution >= 4 is 34.0 Å². The molecule has 132 valence electrons. The van der Waals surface area contributed by atoms with E-state index in [-0.39, 0.29) is 31.0 Å². The topological polar surface area (TPSA) is 110 Å². The number of nitrogens with zero attached hydrogens (tertiary/aromatic N) is 3. The predicted molar refractivity (Wildman–Crippen MR) is 94.8 cm³/mol. The standard InChI is InChI=1S/C16H19N5O3S/c1-3-14-19-20-16(25-14)18-13(22)7-21-11-6-10(9(2)17)4-5-12(11)24-8-15(21)23/h4-6,9H,3,7-8,17H2,1-2H3,(H,18,20,22). The Labute approximate surface area is 149 Å². The molecular weight excluding hydrogens is 342 g/mol. The van der Waals surface area contributed by atoms with Gasteiger partial charge in [-0.05, 0) is 31.0 Å². The number of nitrogens with two attached hydrogens (primary N) is 1. The van der Waals surface area contributed by atoms with Gasteiger partial charge in [-0.25, -0.2) is 0 Å². The number of nitrogens with one attached hydrogen (secondary N) is 1. The Hall–Kier alpha value is -2.52. The van der Waals surface area contributed by atoms with E-state index >= 15 is 0 Å². The third-order valence-corrected chi connectivity index (χ3v) is 4.75. The maximum absolute atomic E-state index is 12.3. The first-order valence-corrected chi connectivity index (χ1v) is 8.74. The molecule has 0 fully saturated rings. The maximum atomic E-state index is 12.3. The molecule has 0 saturated heterocycles. The highest BCUT2D eigenvalue weighted by atomic mass is 32.1. The maximum Gasteiger partial charge on any atom is 0.265 e. The fourth-order valence-corrected chi connectivity index (χ4v) is 3.12. The van der Waals surface area contributed by atoms with Crippen LogP contribution in [-0.4, -0.2) is 35.2 Å². The fraction of sp³-hybridized carbons (Fsp3) is 0.375. The first-order valence-electron chi connectivity index (χ1n) is 7.93. The molecule has 25 heavy (non-hydrogen) atoms. The summed E-state index contributed by atoms with van der Waals surface area (Å²) in [5.41, 5.74) is 7.32. The molecule has 1 aliphatic rings. The van der Waals surface area contributed by atoms with E-state index in [4.69, 9.17) is 10.5 Å². The number of ether oxygens (including phenoxy) is 1. The van der Waals surface area contributed by atoms with Crippen molar-refractivity contribution in [2.75, 3.05) is 23.4 Å². The number of fused-ring (bicyclic) bond motifs is 1. The Morgan fingerprint density at radius 2 is 2.28 bits per heavy atom. The molecule has 0 bridgehead atoms. The number of hydrogen-bond donors (Lipinski definition) is 2. The normalized spacial score (nSPS) is 14.7. The number of amides is 2. The highest BCUT2D eigenvalue weighted by molar-refractivity contribution is 7.15. The molecular formula is C16H19N5O3S. The molecule has 1 aliphatic heterocycles. The van der Waals surface area contributed by atoms with Gasteiger partial charge in [-0.2, -0.15) is 0 Å². The van der Waals surface area contributed by atoms with Crippen LogP contribution in [-0.2, 0) is 16.0 Å². The van der Waals surface area contributed by atoms with E-state index in [1.807, 2.05) is 19.9 Å². The number of anilines is 2. The van der Waals surface area contributed by atoms with Gasteiger partial charge in [0.15, 0.2) is 6.61 Å². The molecule has 0 radical (unpaired) electrons. The summed E-state index contributed by atoms with van der Waals surface area (Å²) < 4.78 is 5.43. The second-order valence-corrected chi connectivity index (χ2v) is 6.75. The smallest absolute Gasteiger partial charge is 0.265 e. The number of carbonyl (C=O) groups excluding carboxylic acids is 2. The van der Waals surface area contributed by atoms with E-state index in [2.05, 4.69) is 15.5 Å². The van der Waals surface area contributed by atoms with Gasteiger partial charge < -0.3 is 10.5 Å². The summed E-state index contributed by atoms with van der Waals surface area (Å²) in [6.07, 6.45) is 0.753. The van der Waals surface area contributed by atoms with Crippen LogP contribution < -0.4 is 20.7 Å². The van der Waals surface area contributed by atoms with Crippen LogP contribution in [0.3, 0.4) is 0 Å². The van der Waals surface area contributed by atoms with Gasteiger partial charge in [-0.1, -0.05) is 24.3 Å². The lowest BCUT2D eigenvalue weighted by molar-refractivity contribution is -0.123. The minimum absolute atomic E-state index is 0.101. The summed E-state index contributed by atoms with van der Waals surface area (Å²) in [5.74, 6) is -0.0665. The zero-order valence-corrected chi connectivity index (χ0v) is 14.8. The van der Waals surface area contributed by atoms with Crippen LogP contribution >= 0.6 is 11.3 Å². The van der Waals surface area contributed by atoms with Crippen molar-refractivity contribution in [1.82, 2.24) is 10.2 Å². The van der Waals surface area contributed by atoms with E-state index in [1.165, 1.54) is 16.2 Å². The third kappa shape index (κ3) is 3.77. The molecule has 0 aliphatic carbocycles. The van der Waals surface area contributed by atoms with Crippen molar-refractivity contribution in [2.45, 2.75) is 26.3 Å². The number of aryl methyl sites for hydroxylation is 1. The van der Waals surface area contributed by atoms with Crippen molar-refractivity contribution in [2.24, 2.45) is 5.73 Å². The quantitative estimate of drug-likeness (QED) is 0.835. The Balaban J connectivity index is 1.78. The van der Waals surface area contributed by atoms with Crippen LogP contribution in [0.25, 0.3) is 0 Å². The van der Waals surface area contributed by atoms with Gasteiger partial charge in [0, 0.05) is 6.04 Å². The Kier molecular flexibility index (Phi) is 4.95. The summed E-state index contributed by atoms with van der Waals surface area (Å²) >= 11 is 1.32. The monoisotopic (exact) mass is 361 g/mol. The van der Waals surface area contributed by atoms with Gasteiger partial charge in [-0.15, -0.1) is 10.2 Å². The number of rotatable bonds is 5. The molecule has 8 nitrogen and oxygen atoms in total. The van der Waals surface area contributed by atoms with Crippen LogP contribution in [0.15, 0.2) is 18.2 Å². The van der Waals surface area contributed by atoms with E-state index in [0.717, 1.165) is 17.0 Å². The number of carbonyl (C=O) groups is 2. The van der Waals surface area contributed by atoms with Gasteiger partial charge >= 0.3 is 0 Å². The van der Waals surface area contributed by atoms with Crippen molar-refractivity contribution in [3.63, 3.8) is 0 Å². The third-order valence-electron chi connectivity index (χ3n) is 3.77. The van der Waals surface area contributed by atoms with Crippen molar-refractivity contribution in [3.05, 3.63) is 28.8 Å². The molecule has 3 N–H and O–H groups in total. The summed E-state index contributed by atoms with van der Waals surface area (Å²) in [5, 5.41) is 11.8. The number of benzene rings is 1. The minimum Gasteiger partial charge on any atom is -0.482 e. The van der Waals surface area contributed by atoms with Crippen molar-refractivity contribution in [3.8, 4) is 5.75 Å². The molecule has 0 spiro atoms. The SMILES string of the molecule is CCc1nnc(NC(=O)CN2C(=O)COc3ccc(C(C)N)cc32)s1. The molecule has 1 aromatic carbocycles. The van der Waals surface area contributed by atoms with E-state index in [0.29, 0.717) is 16.6 Å². The molecule has 2 amide bonds. The molecule has 1 atom stereocenters. The largest absolute Gasteiger partial charge is 0.482 e. The fourth-order valence-electron chi connectivity index (χ4n) is 2.43. The zero-order valence-electron chi connectivity index (χ0n) is 14.0. The lowest BCUT2D eigenvalue weighted by Crippen LogP contribution is -2.43. The van der Waals surface area contributed by atoms with E-state index in [9.17, 15) is 9.59 Å². The lowest BCUT2D eigenvalue weighted by Gasteiger charge is -2.29. The highest BCUT2D eigenvalue weighted by Crippen LogP contribution is 2.34. The van der Waals surface area contributed by atoms with Gasteiger partial charge in [0.25, 0.3) is 5.91 Å². The van der Waals surface area contributed by atoms with Crippen molar-refractivity contribution in [1.29, 1.82) is 0 Å². The molecule has 2 heterocycles. The summed E-state index contributed by atoms with van der Waals surface area (Å²) in [4.78, 5) is 26.0. The Morgan fingerprint density at radius 3 is 2.96 bits per heavy atom. The van der Waals surface area contributed by atoms with Gasteiger partial charge in [0.1, 0.15) is 17.3 Å². The first kappa shape index (κ1) is 17.3.